The molecule has 0 saturated heterocycles. The van der Waals surface area contributed by atoms with Crippen LogP contribution in [0.15, 0.2) is 42.5 Å². The molecule has 0 spiro atoms. The Balaban J connectivity index is 1.52. The third-order valence-corrected chi connectivity index (χ3v) is 4.06. The van der Waals surface area contributed by atoms with Crippen molar-refractivity contribution in [1.29, 1.82) is 0 Å². The van der Waals surface area contributed by atoms with Crippen molar-refractivity contribution in [3.63, 3.8) is 0 Å². The Bertz CT molecular complexity index is 826. The largest absolute Gasteiger partial charge is 0.573 e. The number of benzene rings is 2. The quantitative estimate of drug-likeness (QED) is 0.770. The minimum absolute atomic E-state index is 0.0886. The van der Waals surface area contributed by atoms with Crippen LogP contribution in [0, 0.1) is 5.82 Å². The molecule has 27 heavy (non-hydrogen) atoms. The molecule has 0 radical (unpaired) electrons. The summed E-state index contributed by atoms with van der Waals surface area (Å²) >= 11 is 0. The van der Waals surface area contributed by atoms with Gasteiger partial charge in [0.2, 0.25) is 0 Å². The minimum Gasteiger partial charge on any atom is -0.404 e. The van der Waals surface area contributed by atoms with E-state index >= 15 is 0 Å². The molecule has 2 amide bonds. The Morgan fingerprint density at radius 1 is 1.19 bits per heavy atom. The van der Waals surface area contributed by atoms with E-state index in [9.17, 15) is 22.4 Å². The van der Waals surface area contributed by atoms with Crippen LogP contribution >= 0.6 is 0 Å². The van der Waals surface area contributed by atoms with Crippen LogP contribution < -0.4 is 20.3 Å². The van der Waals surface area contributed by atoms with E-state index in [0.717, 1.165) is 23.7 Å². The summed E-state index contributed by atoms with van der Waals surface area (Å²) < 4.78 is 54.3. The maximum atomic E-state index is 13.2. The Morgan fingerprint density at radius 2 is 1.96 bits per heavy atom. The fourth-order valence-electron chi connectivity index (χ4n) is 2.93. The Kier molecular flexibility index (Phi) is 5.38. The van der Waals surface area contributed by atoms with Gasteiger partial charge in [-0.1, -0.05) is 12.1 Å². The average Bonchev–Trinajstić information content (AvgIpc) is 2.97. The number of amides is 2. The SMILES string of the molecule is O=C(NCCN1CCc2cc(F)ccc21)Nc1ccccc1OC(F)(F)F. The highest BCUT2D eigenvalue weighted by molar-refractivity contribution is 5.90. The molecule has 1 heterocycles. The zero-order valence-electron chi connectivity index (χ0n) is 14.1. The lowest BCUT2D eigenvalue weighted by atomic mass is 10.2. The van der Waals surface area contributed by atoms with Gasteiger partial charge in [-0.05, 0) is 42.3 Å². The van der Waals surface area contributed by atoms with Crippen LogP contribution in [0.25, 0.3) is 0 Å². The number of para-hydroxylation sites is 2. The lowest BCUT2D eigenvalue weighted by molar-refractivity contribution is -0.274. The van der Waals surface area contributed by atoms with E-state index in [1.165, 1.54) is 30.3 Å². The number of nitrogens with one attached hydrogen (secondary N) is 2. The van der Waals surface area contributed by atoms with E-state index in [4.69, 9.17) is 0 Å². The number of hydrogen-bond acceptors (Lipinski definition) is 3. The number of nitrogens with zero attached hydrogens (tertiary/aromatic N) is 1. The van der Waals surface area contributed by atoms with Gasteiger partial charge in [-0.25, -0.2) is 9.18 Å². The van der Waals surface area contributed by atoms with Gasteiger partial charge in [0.25, 0.3) is 0 Å². The predicted octanol–water partition coefficient (Wildman–Crippen LogP) is 3.91. The van der Waals surface area contributed by atoms with Gasteiger partial charge in [-0.3, -0.25) is 0 Å². The number of rotatable bonds is 5. The van der Waals surface area contributed by atoms with Gasteiger partial charge in [0.15, 0.2) is 5.75 Å². The van der Waals surface area contributed by atoms with Crippen molar-refractivity contribution in [3.05, 3.63) is 53.8 Å². The lowest BCUT2D eigenvalue weighted by Crippen LogP contribution is -2.36. The van der Waals surface area contributed by atoms with Gasteiger partial charge in [0, 0.05) is 25.3 Å². The highest BCUT2D eigenvalue weighted by atomic mass is 19.4. The third-order valence-electron chi connectivity index (χ3n) is 4.06. The van der Waals surface area contributed by atoms with Crippen LogP contribution in [0.2, 0.25) is 0 Å². The number of alkyl halides is 3. The van der Waals surface area contributed by atoms with Crippen LogP contribution in [0.3, 0.4) is 0 Å². The summed E-state index contributed by atoms with van der Waals surface area (Å²) in [6, 6.07) is 9.21. The molecule has 144 valence electrons. The van der Waals surface area contributed by atoms with Crippen LogP contribution in [-0.4, -0.2) is 32.0 Å². The maximum absolute atomic E-state index is 13.2. The second kappa shape index (κ2) is 7.73. The number of hydrogen-bond donors (Lipinski definition) is 2. The van der Waals surface area contributed by atoms with Crippen molar-refractivity contribution in [2.75, 3.05) is 29.9 Å². The molecule has 0 aromatic heterocycles. The molecule has 5 nitrogen and oxygen atoms in total. The van der Waals surface area contributed by atoms with E-state index in [1.54, 1.807) is 6.07 Å². The topological polar surface area (TPSA) is 53.6 Å². The lowest BCUT2D eigenvalue weighted by Gasteiger charge is -2.20. The van der Waals surface area contributed by atoms with Crippen molar-refractivity contribution < 1.29 is 27.1 Å². The predicted molar refractivity (Wildman–Crippen MR) is 92.5 cm³/mol. The maximum Gasteiger partial charge on any atom is 0.573 e. The zero-order chi connectivity index (χ0) is 19.4. The molecule has 1 aliphatic rings. The standard InChI is InChI=1S/C18H17F4N3O2/c19-13-5-6-15-12(11-13)7-9-25(15)10-8-23-17(26)24-14-3-1-2-4-16(14)27-18(20,21)22/h1-6,11H,7-10H2,(H2,23,24,26). The summed E-state index contributed by atoms with van der Waals surface area (Å²) in [6.07, 6.45) is -4.13. The first-order chi connectivity index (χ1) is 12.8. The molecule has 9 heteroatoms. The molecule has 2 aromatic rings. The van der Waals surface area contributed by atoms with E-state index in [-0.39, 0.29) is 18.0 Å². The molecule has 3 rings (SSSR count). The van der Waals surface area contributed by atoms with E-state index < -0.39 is 18.1 Å². The van der Waals surface area contributed by atoms with Gasteiger partial charge in [0.1, 0.15) is 5.82 Å². The summed E-state index contributed by atoms with van der Waals surface area (Å²) in [7, 11) is 0. The first-order valence-electron chi connectivity index (χ1n) is 8.25. The van der Waals surface area contributed by atoms with E-state index in [0.29, 0.717) is 13.1 Å². The van der Waals surface area contributed by atoms with Gasteiger partial charge >= 0.3 is 12.4 Å². The fourth-order valence-corrected chi connectivity index (χ4v) is 2.93. The molecule has 0 unspecified atom stereocenters. The molecule has 0 bridgehead atoms. The smallest absolute Gasteiger partial charge is 0.404 e. The van der Waals surface area contributed by atoms with Crippen LogP contribution in [0.1, 0.15) is 5.56 Å². The van der Waals surface area contributed by atoms with E-state index in [1.807, 2.05) is 4.90 Å². The van der Waals surface area contributed by atoms with Gasteiger partial charge in [-0.15, -0.1) is 13.2 Å². The summed E-state index contributed by atoms with van der Waals surface area (Å²) in [6.45, 7) is 1.47. The van der Waals surface area contributed by atoms with Crippen LogP contribution in [-0.2, 0) is 6.42 Å². The Morgan fingerprint density at radius 3 is 2.74 bits per heavy atom. The molecule has 0 fully saturated rings. The summed E-state index contributed by atoms with van der Waals surface area (Å²) in [4.78, 5) is 14.0. The summed E-state index contributed by atoms with van der Waals surface area (Å²) in [5.74, 6) is -0.775. The highest BCUT2D eigenvalue weighted by Crippen LogP contribution is 2.30. The number of carbonyl (C=O) groups excluding carboxylic acids is 1. The number of fused-ring (bicyclic) bond motifs is 1. The van der Waals surface area contributed by atoms with Crippen LogP contribution in [0.4, 0.5) is 33.7 Å². The highest BCUT2D eigenvalue weighted by Gasteiger charge is 2.32. The summed E-state index contributed by atoms with van der Waals surface area (Å²) in [5.41, 5.74) is 1.74. The number of ether oxygens (including phenoxy) is 1. The normalized spacial score (nSPS) is 13.3. The molecular weight excluding hydrogens is 366 g/mol. The molecule has 0 aliphatic carbocycles. The van der Waals surface area contributed by atoms with E-state index in [2.05, 4.69) is 15.4 Å². The first kappa shape index (κ1) is 18.8. The van der Waals surface area contributed by atoms with Crippen molar-refractivity contribution >= 4 is 17.4 Å². The summed E-state index contributed by atoms with van der Waals surface area (Å²) in [5, 5.41) is 4.93. The Labute approximate surface area is 152 Å². The fraction of sp³-hybridized carbons (Fsp3) is 0.278. The van der Waals surface area contributed by atoms with Gasteiger partial charge < -0.3 is 20.3 Å². The number of urea groups is 1. The molecule has 0 atom stereocenters. The molecule has 2 aromatic carbocycles. The van der Waals surface area contributed by atoms with Crippen molar-refractivity contribution in [2.24, 2.45) is 0 Å². The monoisotopic (exact) mass is 383 g/mol. The molecule has 1 aliphatic heterocycles. The van der Waals surface area contributed by atoms with Crippen LogP contribution in [0.5, 0.6) is 5.75 Å². The van der Waals surface area contributed by atoms with Gasteiger partial charge in [0.05, 0.1) is 5.69 Å². The van der Waals surface area contributed by atoms with Crippen molar-refractivity contribution in [3.8, 4) is 5.75 Å². The first-order valence-corrected chi connectivity index (χ1v) is 8.25. The van der Waals surface area contributed by atoms with Gasteiger partial charge in [-0.2, -0.15) is 0 Å². The minimum atomic E-state index is -4.85. The Hall–Kier alpha value is -2.97. The molecule has 0 saturated carbocycles. The number of halogens is 4. The van der Waals surface area contributed by atoms with Crippen molar-refractivity contribution in [2.45, 2.75) is 12.8 Å². The third kappa shape index (κ3) is 5.02. The number of carbonyl (C=O) groups is 1. The second-order valence-corrected chi connectivity index (χ2v) is 5.93. The number of anilines is 2. The van der Waals surface area contributed by atoms with Crippen molar-refractivity contribution in [1.82, 2.24) is 5.32 Å². The second-order valence-electron chi connectivity index (χ2n) is 5.93. The molecule has 2 N–H and O–H groups in total. The zero-order valence-corrected chi connectivity index (χ0v) is 14.1. The average molecular weight is 383 g/mol. The molecular formula is C18H17F4N3O2.